The van der Waals surface area contributed by atoms with Crippen LogP contribution in [0.15, 0.2) is 0 Å². The largest absolute Gasteiger partial charge is 0.394 e. The summed E-state index contributed by atoms with van der Waals surface area (Å²) in [5, 5.41) is 17.5. The Morgan fingerprint density at radius 1 is 0.500 bits per heavy atom. The Labute approximate surface area is 173 Å². The molecule has 0 atom stereocenters. The van der Waals surface area contributed by atoms with Crippen molar-refractivity contribution in [2.75, 3.05) is 72.5 Å². The quantitative estimate of drug-likeness (QED) is 0.240. The minimum Gasteiger partial charge on any atom is -0.394 e. The number of unbranched alkanes of at least 4 members (excludes halogenated alkanes) is 9. The summed E-state index contributed by atoms with van der Waals surface area (Å²) in [6.07, 6.45) is 13.5. The molecule has 0 aromatic carbocycles. The van der Waals surface area contributed by atoms with Gasteiger partial charge in [0.15, 0.2) is 0 Å². The van der Waals surface area contributed by atoms with E-state index in [0.717, 1.165) is 19.6 Å². The summed E-state index contributed by atoms with van der Waals surface area (Å²) < 4.78 is 16.2. The van der Waals surface area contributed by atoms with Gasteiger partial charge in [-0.25, -0.2) is 0 Å². The average molecular weight is 406 g/mol. The van der Waals surface area contributed by atoms with E-state index in [1.165, 1.54) is 64.2 Å². The van der Waals surface area contributed by atoms with Crippen LogP contribution in [0.2, 0.25) is 0 Å². The molecule has 28 heavy (non-hydrogen) atoms. The lowest BCUT2D eigenvalue weighted by atomic mass is 10.1. The van der Waals surface area contributed by atoms with Gasteiger partial charge in [-0.2, -0.15) is 0 Å². The normalized spacial score (nSPS) is 11.6. The van der Waals surface area contributed by atoms with E-state index >= 15 is 0 Å². The molecule has 0 spiro atoms. The molecule has 2 N–H and O–H groups in total. The first-order chi connectivity index (χ1) is 13.8. The fourth-order valence-corrected chi connectivity index (χ4v) is 3.10. The minimum atomic E-state index is 0.0560. The second-order valence-corrected chi connectivity index (χ2v) is 7.31. The van der Waals surface area contributed by atoms with Gasteiger partial charge in [0, 0.05) is 13.1 Å². The van der Waals surface area contributed by atoms with Crippen LogP contribution >= 0.6 is 0 Å². The molecule has 0 aliphatic rings. The molecule has 0 saturated carbocycles. The van der Waals surface area contributed by atoms with E-state index in [-0.39, 0.29) is 13.2 Å². The van der Waals surface area contributed by atoms with Crippen molar-refractivity contribution >= 4 is 0 Å². The van der Waals surface area contributed by atoms with Gasteiger partial charge < -0.3 is 24.4 Å². The maximum absolute atomic E-state index is 8.81. The second kappa shape index (κ2) is 24.8. The van der Waals surface area contributed by atoms with E-state index in [2.05, 4.69) is 11.8 Å². The van der Waals surface area contributed by atoms with Crippen molar-refractivity contribution in [3.63, 3.8) is 0 Å². The van der Waals surface area contributed by atoms with Crippen molar-refractivity contribution < 1.29 is 24.4 Å². The maximum atomic E-state index is 8.81. The number of nitrogens with zero attached hydrogens (tertiary/aromatic N) is 1. The Balaban J connectivity index is 3.68. The molecule has 6 heteroatoms. The van der Waals surface area contributed by atoms with Gasteiger partial charge >= 0.3 is 0 Å². The van der Waals surface area contributed by atoms with Crippen LogP contribution in [0.1, 0.15) is 71.1 Å². The van der Waals surface area contributed by atoms with Gasteiger partial charge in [-0.05, 0) is 13.0 Å². The van der Waals surface area contributed by atoms with E-state index < -0.39 is 0 Å². The van der Waals surface area contributed by atoms with Crippen LogP contribution < -0.4 is 0 Å². The fourth-order valence-electron chi connectivity index (χ4n) is 3.10. The summed E-state index contributed by atoms with van der Waals surface area (Å²) in [7, 11) is 0. The van der Waals surface area contributed by atoms with E-state index in [1.807, 2.05) is 0 Å². The number of rotatable bonds is 24. The van der Waals surface area contributed by atoms with Crippen molar-refractivity contribution in [2.45, 2.75) is 71.1 Å². The number of aliphatic hydroxyl groups is 2. The summed E-state index contributed by atoms with van der Waals surface area (Å²) in [4.78, 5) is 2.39. The number of ether oxygens (including phenoxy) is 3. The standard InChI is InChI=1S/C22H47NO5/c1-2-3-4-5-6-7-8-9-10-11-12-23(13-17-26-19-15-24)14-18-27-21-22-28-20-16-25/h24-25H,2-22H2,1H3. The Morgan fingerprint density at radius 3 is 1.43 bits per heavy atom. The highest BCUT2D eigenvalue weighted by Crippen LogP contribution is 2.10. The first-order valence-electron chi connectivity index (χ1n) is 11.5. The number of aliphatic hydroxyl groups excluding tert-OH is 2. The van der Waals surface area contributed by atoms with E-state index in [0.29, 0.717) is 39.6 Å². The molecule has 0 heterocycles. The van der Waals surface area contributed by atoms with Crippen molar-refractivity contribution in [3.05, 3.63) is 0 Å². The summed E-state index contributed by atoms with van der Waals surface area (Å²) in [5.41, 5.74) is 0. The van der Waals surface area contributed by atoms with Gasteiger partial charge in [-0.1, -0.05) is 64.7 Å². The zero-order valence-electron chi connectivity index (χ0n) is 18.4. The lowest BCUT2D eigenvalue weighted by Gasteiger charge is -2.22. The third kappa shape index (κ3) is 22.1. The van der Waals surface area contributed by atoms with E-state index in [4.69, 9.17) is 24.4 Å². The zero-order chi connectivity index (χ0) is 20.5. The molecule has 0 radical (unpaired) electrons. The molecule has 0 bridgehead atoms. The first kappa shape index (κ1) is 27.8. The summed E-state index contributed by atoms with van der Waals surface area (Å²) in [5.74, 6) is 0. The third-order valence-corrected chi connectivity index (χ3v) is 4.77. The van der Waals surface area contributed by atoms with Crippen LogP contribution in [0.5, 0.6) is 0 Å². The zero-order valence-corrected chi connectivity index (χ0v) is 18.4. The number of hydrogen-bond donors (Lipinski definition) is 2. The van der Waals surface area contributed by atoms with Gasteiger partial charge in [-0.3, -0.25) is 4.90 Å². The Bertz CT molecular complexity index is 282. The molecule has 0 aliphatic heterocycles. The topological polar surface area (TPSA) is 71.4 Å². The Hall–Kier alpha value is -0.240. The first-order valence-corrected chi connectivity index (χ1v) is 11.5. The lowest BCUT2D eigenvalue weighted by molar-refractivity contribution is 0.0218. The van der Waals surface area contributed by atoms with Crippen LogP contribution in [0.4, 0.5) is 0 Å². The van der Waals surface area contributed by atoms with Gasteiger partial charge in [0.25, 0.3) is 0 Å². The molecule has 0 aliphatic carbocycles. The average Bonchev–Trinajstić information content (AvgIpc) is 2.71. The molecule has 0 rings (SSSR count). The molecule has 0 amide bonds. The molecule has 0 aromatic rings. The van der Waals surface area contributed by atoms with Crippen molar-refractivity contribution in [2.24, 2.45) is 0 Å². The molecule has 0 unspecified atom stereocenters. The smallest absolute Gasteiger partial charge is 0.0701 e. The van der Waals surface area contributed by atoms with Crippen molar-refractivity contribution in [1.29, 1.82) is 0 Å². The Morgan fingerprint density at radius 2 is 0.929 bits per heavy atom. The van der Waals surface area contributed by atoms with Crippen LogP contribution in [0.3, 0.4) is 0 Å². The van der Waals surface area contributed by atoms with E-state index in [9.17, 15) is 0 Å². The van der Waals surface area contributed by atoms with Crippen LogP contribution in [-0.4, -0.2) is 87.6 Å². The van der Waals surface area contributed by atoms with Crippen LogP contribution in [0.25, 0.3) is 0 Å². The minimum absolute atomic E-state index is 0.0560. The predicted molar refractivity (Wildman–Crippen MR) is 115 cm³/mol. The SMILES string of the molecule is CCCCCCCCCCCCN(CCOCCO)CCOCCOCCO. The van der Waals surface area contributed by atoms with Gasteiger partial charge in [0.05, 0.1) is 52.9 Å². The molecule has 0 fully saturated rings. The lowest BCUT2D eigenvalue weighted by Crippen LogP contribution is -2.32. The fraction of sp³-hybridized carbons (Fsp3) is 1.00. The highest BCUT2D eigenvalue weighted by atomic mass is 16.5. The maximum Gasteiger partial charge on any atom is 0.0701 e. The third-order valence-electron chi connectivity index (χ3n) is 4.77. The van der Waals surface area contributed by atoms with Crippen molar-refractivity contribution in [3.8, 4) is 0 Å². The van der Waals surface area contributed by atoms with Crippen LogP contribution in [0, 0.1) is 0 Å². The van der Waals surface area contributed by atoms with Gasteiger partial charge in [0.2, 0.25) is 0 Å². The summed E-state index contributed by atoms with van der Waals surface area (Å²) >= 11 is 0. The summed E-state index contributed by atoms with van der Waals surface area (Å²) in [6, 6.07) is 0. The van der Waals surface area contributed by atoms with Crippen molar-refractivity contribution in [1.82, 2.24) is 4.90 Å². The highest BCUT2D eigenvalue weighted by molar-refractivity contribution is 4.58. The van der Waals surface area contributed by atoms with E-state index in [1.54, 1.807) is 0 Å². The van der Waals surface area contributed by atoms with Crippen LogP contribution in [-0.2, 0) is 14.2 Å². The number of hydrogen-bond acceptors (Lipinski definition) is 6. The summed E-state index contributed by atoms with van der Waals surface area (Å²) in [6.45, 7) is 8.44. The monoisotopic (exact) mass is 405 g/mol. The predicted octanol–water partition coefficient (Wildman–Crippen LogP) is 3.24. The molecule has 170 valence electrons. The van der Waals surface area contributed by atoms with Gasteiger partial charge in [-0.15, -0.1) is 0 Å². The Kier molecular flexibility index (Phi) is 24.6. The van der Waals surface area contributed by atoms with Gasteiger partial charge in [0.1, 0.15) is 0 Å². The molecular weight excluding hydrogens is 358 g/mol. The molecular formula is C22H47NO5. The highest BCUT2D eigenvalue weighted by Gasteiger charge is 2.05. The molecule has 0 aromatic heterocycles. The molecule has 0 saturated heterocycles. The second-order valence-electron chi connectivity index (χ2n) is 7.31. The molecule has 6 nitrogen and oxygen atoms in total.